The Morgan fingerprint density at radius 1 is 1.11 bits per heavy atom. The van der Waals surface area contributed by atoms with Gasteiger partial charge in [0.25, 0.3) is 0 Å². The lowest BCUT2D eigenvalue weighted by atomic mass is 10.0. The van der Waals surface area contributed by atoms with Crippen LogP contribution in [0.5, 0.6) is 0 Å². The lowest BCUT2D eigenvalue weighted by Crippen LogP contribution is -2.30. The van der Waals surface area contributed by atoms with E-state index in [2.05, 4.69) is 10.6 Å². The zero-order chi connectivity index (χ0) is 20.2. The topological polar surface area (TPSA) is 92.3 Å². The van der Waals surface area contributed by atoms with Crippen LogP contribution in [0.25, 0.3) is 0 Å². The smallest absolute Gasteiger partial charge is 0.332 e. The quantitative estimate of drug-likeness (QED) is 0.730. The third-order valence-electron chi connectivity index (χ3n) is 3.50. The maximum atomic E-state index is 14.0. The van der Waals surface area contributed by atoms with E-state index in [1.807, 2.05) is 0 Å². The number of carbonyl (C=O) groups excluding carboxylic acids is 2. The molecular weight excluding hydrogens is 385 g/mol. The molecule has 144 valence electrons. The average Bonchev–Trinajstić information content (AvgIpc) is 2.53. The number of rotatable bonds is 6. The van der Waals surface area contributed by atoms with E-state index in [-0.39, 0.29) is 11.3 Å². The summed E-state index contributed by atoms with van der Waals surface area (Å²) in [5.74, 6) is -2.99. The maximum absolute atomic E-state index is 14.0. The summed E-state index contributed by atoms with van der Waals surface area (Å²) in [6.45, 7) is 1.17. The lowest BCUT2D eigenvalue weighted by Gasteiger charge is -2.19. The van der Waals surface area contributed by atoms with Crippen LogP contribution in [0.1, 0.15) is 24.9 Å². The summed E-state index contributed by atoms with van der Waals surface area (Å²) in [7, 11) is -4.95. The fourth-order valence-corrected chi connectivity index (χ4v) is 2.90. The fourth-order valence-electron chi connectivity index (χ4n) is 2.39. The first-order chi connectivity index (χ1) is 12.6. The highest BCUT2D eigenvalue weighted by molar-refractivity contribution is 7.86. The number of halogens is 3. The monoisotopic (exact) mass is 400 g/mol. The minimum atomic E-state index is -4.95. The first-order valence-electron chi connectivity index (χ1n) is 7.63. The second-order valence-electron chi connectivity index (χ2n) is 5.64. The van der Waals surface area contributed by atoms with E-state index in [0.717, 1.165) is 24.3 Å². The van der Waals surface area contributed by atoms with Crippen molar-refractivity contribution in [2.24, 2.45) is 0 Å². The third kappa shape index (κ3) is 5.81. The Hall–Kier alpha value is -2.88. The van der Waals surface area contributed by atoms with Gasteiger partial charge in [0, 0.05) is 24.2 Å². The lowest BCUT2D eigenvalue weighted by molar-refractivity contribution is -0.120. The van der Waals surface area contributed by atoms with Crippen molar-refractivity contribution in [1.82, 2.24) is 5.32 Å². The molecule has 2 aromatic carbocycles. The summed E-state index contributed by atoms with van der Waals surface area (Å²) in [5, 5.41) is 4.73. The Bertz CT molecular complexity index is 980. The molecule has 2 aromatic rings. The predicted octanol–water partition coefficient (Wildman–Crippen LogP) is 2.83. The molecule has 0 spiro atoms. The molecule has 0 aliphatic rings. The van der Waals surface area contributed by atoms with Crippen LogP contribution in [0.2, 0.25) is 0 Å². The Morgan fingerprint density at radius 2 is 1.81 bits per heavy atom. The van der Waals surface area contributed by atoms with Crippen molar-refractivity contribution < 1.29 is 30.7 Å². The van der Waals surface area contributed by atoms with Gasteiger partial charge in [0.2, 0.25) is 11.8 Å². The largest absolute Gasteiger partial charge is 0.349 e. The van der Waals surface area contributed by atoms with Crippen LogP contribution < -0.4 is 10.6 Å². The van der Waals surface area contributed by atoms with E-state index in [4.69, 9.17) is 0 Å². The summed E-state index contributed by atoms with van der Waals surface area (Å²) in [5.41, 5.74) is -0.0956. The number of hydrogen-bond acceptors (Lipinski definition) is 4. The Morgan fingerprint density at radius 3 is 2.41 bits per heavy atom. The molecule has 0 fully saturated rings. The molecule has 0 aromatic heterocycles. The van der Waals surface area contributed by atoms with Crippen LogP contribution in [-0.2, 0) is 19.8 Å². The zero-order valence-corrected chi connectivity index (χ0v) is 14.8. The molecular formula is C17H15F3N2O4S. The average molecular weight is 400 g/mol. The molecule has 6 nitrogen and oxygen atoms in total. The molecule has 0 bridgehead atoms. The third-order valence-corrected chi connectivity index (χ3v) is 4.32. The highest BCUT2D eigenvalue weighted by atomic mass is 32.3. The van der Waals surface area contributed by atoms with Gasteiger partial charge in [-0.15, -0.1) is 3.89 Å². The van der Waals surface area contributed by atoms with E-state index >= 15 is 0 Å². The minimum absolute atomic E-state index is 0.000113. The summed E-state index contributed by atoms with van der Waals surface area (Å²) in [6.07, 6.45) is -0.422. The molecule has 0 radical (unpaired) electrons. The van der Waals surface area contributed by atoms with Crippen molar-refractivity contribution in [2.45, 2.75) is 24.3 Å². The van der Waals surface area contributed by atoms with Gasteiger partial charge in [-0.2, -0.15) is 8.42 Å². The molecule has 1 atom stereocenters. The van der Waals surface area contributed by atoms with Gasteiger partial charge in [0.1, 0.15) is 16.5 Å². The molecule has 0 heterocycles. The zero-order valence-electron chi connectivity index (χ0n) is 14.0. The number of benzene rings is 2. The van der Waals surface area contributed by atoms with Crippen LogP contribution in [0.3, 0.4) is 0 Å². The highest BCUT2D eigenvalue weighted by Crippen LogP contribution is 2.23. The van der Waals surface area contributed by atoms with Crippen molar-refractivity contribution in [2.75, 3.05) is 5.32 Å². The van der Waals surface area contributed by atoms with Crippen molar-refractivity contribution in [3.63, 3.8) is 0 Å². The number of nitrogens with one attached hydrogen (secondary N) is 2. The van der Waals surface area contributed by atoms with Gasteiger partial charge in [-0.3, -0.25) is 9.59 Å². The second kappa shape index (κ2) is 8.21. The van der Waals surface area contributed by atoms with Gasteiger partial charge in [-0.1, -0.05) is 12.1 Å². The Kier molecular flexibility index (Phi) is 6.21. The number of anilines is 1. The van der Waals surface area contributed by atoms with E-state index in [0.29, 0.717) is 6.07 Å². The van der Waals surface area contributed by atoms with Crippen LogP contribution in [0.4, 0.5) is 18.4 Å². The van der Waals surface area contributed by atoms with E-state index in [9.17, 15) is 30.7 Å². The SMILES string of the molecule is CC(=O)NC(CC(=O)Nc1cccc(S(=O)(=O)F)c1)c1ccc(F)cc1F. The van der Waals surface area contributed by atoms with E-state index in [1.165, 1.54) is 19.1 Å². The fraction of sp³-hybridized carbons (Fsp3) is 0.176. The van der Waals surface area contributed by atoms with Gasteiger partial charge in [0.05, 0.1) is 12.5 Å². The molecule has 0 saturated heterocycles. The van der Waals surface area contributed by atoms with E-state index < -0.39 is 51.0 Å². The maximum Gasteiger partial charge on any atom is 0.332 e. The first-order valence-corrected chi connectivity index (χ1v) is 9.01. The van der Waals surface area contributed by atoms with Gasteiger partial charge in [0.15, 0.2) is 0 Å². The van der Waals surface area contributed by atoms with Gasteiger partial charge in [-0.25, -0.2) is 8.78 Å². The highest BCUT2D eigenvalue weighted by Gasteiger charge is 2.21. The summed E-state index contributed by atoms with van der Waals surface area (Å²) in [6, 6.07) is 6.12. The molecule has 10 heteroatoms. The molecule has 1 unspecified atom stereocenters. The molecule has 2 N–H and O–H groups in total. The molecule has 0 saturated carbocycles. The second-order valence-corrected chi connectivity index (χ2v) is 6.98. The van der Waals surface area contributed by atoms with Gasteiger partial charge in [-0.05, 0) is 24.3 Å². The van der Waals surface area contributed by atoms with Crippen LogP contribution in [-0.4, -0.2) is 20.2 Å². The number of carbonyl (C=O) groups is 2. The summed E-state index contributed by atoms with van der Waals surface area (Å²) >= 11 is 0. The molecule has 2 amide bonds. The van der Waals surface area contributed by atoms with E-state index in [1.54, 1.807) is 0 Å². The van der Waals surface area contributed by atoms with Crippen molar-refractivity contribution in [3.05, 3.63) is 59.7 Å². The number of hydrogen-bond donors (Lipinski definition) is 2. The molecule has 2 rings (SSSR count). The number of amides is 2. The van der Waals surface area contributed by atoms with Gasteiger partial charge < -0.3 is 10.6 Å². The van der Waals surface area contributed by atoms with Crippen molar-refractivity contribution in [1.29, 1.82) is 0 Å². The summed E-state index contributed by atoms with van der Waals surface area (Å²) < 4.78 is 61.9. The Balaban J connectivity index is 2.20. The predicted molar refractivity (Wildman–Crippen MR) is 90.9 cm³/mol. The van der Waals surface area contributed by atoms with Crippen LogP contribution >= 0.6 is 0 Å². The van der Waals surface area contributed by atoms with Crippen LogP contribution in [0.15, 0.2) is 47.4 Å². The van der Waals surface area contributed by atoms with Crippen LogP contribution in [0, 0.1) is 11.6 Å². The molecule has 0 aliphatic carbocycles. The normalized spacial score (nSPS) is 12.3. The minimum Gasteiger partial charge on any atom is -0.349 e. The standard InChI is InChI=1S/C17H15F3N2O4S/c1-10(23)21-16(14-6-5-11(18)7-15(14)19)9-17(24)22-12-3-2-4-13(8-12)27(20,25)26/h2-8,16H,9H2,1H3,(H,21,23)(H,22,24). The molecule has 0 aliphatic heterocycles. The van der Waals surface area contributed by atoms with Gasteiger partial charge >= 0.3 is 10.2 Å². The first kappa shape index (κ1) is 20.4. The summed E-state index contributed by atoms with van der Waals surface area (Å²) in [4.78, 5) is 22.9. The Labute approximate surface area is 153 Å². The van der Waals surface area contributed by atoms with Crippen molar-refractivity contribution in [3.8, 4) is 0 Å². The van der Waals surface area contributed by atoms with Crippen molar-refractivity contribution >= 4 is 27.7 Å². The molecule has 27 heavy (non-hydrogen) atoms.